The quantitative estimate of drug-likeness (QED) is 0.290. The van der Waals surface area contributed by atoms with Gasteiger partial charge in [0.25, 0.3) is 11.5 Å². The smallest absolute Gasteiger partial charge is 0.340 e. The predicted molar refractivity (Wildman–Crippen MR) is 127 cm³/mol. The number of hydrogen-bond donors (Lipinski definition) is 1. The monoisotopic (exact) mass is 478 g/mol. The minimum atomic E-state index is -0.646. The van der Waals surface area contributed by atoms with E-state index in [9.17, 15) is 14.4 Å². The fourth-order valence-corrected chi connectivity index (χ4v) is 4.04. The van der Waals surface area contributed by atoms with E-state index in [4.69, 9.17) is 9.47 Å². The first kappa shape index (κ1) is 23.3. The SMILES string of the molecule is CCOCCc1nn2c(=O)cc(COC(=O)c3ccccc3NC(=O)c3ccccc3)nc2s1. The van der Waals surface area contributed by atoms with Crippen LogP contribution >= 0.6 is 11.3 Å². The first-order valence-electron chi connectivity index (χ1n) is 10.6. The molecule has 4 rings (SSSR count). The molecular formula is C24H22N4O5S. The van der Waals surface area contributed by atoms with E-state index in [1.54, 1.807) is 48.5 Å². The van der Waals surface area contributed by atoms with Gasteiger partial charge in [0.2, 0.25) is 4.96 Å². The van der Waals surface area contributed by atoms with Gasteiger partial charge in [-0.3, -0.25) is 9.59 Å². The average molecular weight is 479 g/mol. The van der Waals surface area contributed by atoms with Crippen LogP contribution in [-0.2, 0) is 22.5 Å². The summed E-state index contributed by atoms with van der Waals surface area (Å²) in [5.41, 5.74) is 0.940. The second kappa shape index (κ2) is 10.8. The van der Waals surface area contributed by atoms with E-state index < -0.39 is 5.97 Å². The zero-order chi connectivity index (χ0) is 23.9. The minimum Gasteiger partial charge on any atom is -0.456 e. The first-order valence-corrected chi connectivity index (χ1v) is 11.5. The maximum Gasteiger partial charge on any atom is 0.340 e. The van der Waals surface area contributed by atoms with Gasteiger partial charge in [-0.05, 0) is 31.2 Å². The van der Waals surface area contributed by atoms with Crippen LogP contribution in [0.15, 0.2) is 65.5 Å². The van der Waals surface area contributed by atoms with Crippen molar-refractivity contribution in [2.24, 2.45) is 0 Å². The normalized spacial score (nSPS) is 10.9. The van der Waals surface area contributed by atoms with Crippen molar-refractivity contribution in [2.75, 3.05) is 18.5 Å². The number of nitrogens with one attached hydrogen (secondary N) is 1. The van der Waals surface area contributed by atoms with E-state index in [1.165, 1.54) is 21.9 Å². The van der Waals surface area contributed by atoms with Crippen molar-refractivity contribution in [3.8, 4) is 0 Å². The van der Waals surface area contributed by atoms with Crippen LogP contribution < -0.4 is 10.9 Å². The zero-order valence-corrected chi connectivity index (χ0v) is 19.2. The maximum absolute atomic E-state index is 12.7. The van der Waals surface area contributed by atoms with Gasteiger partial charge in [-0.15, -0.1) is 0 Å². The number of aromatic nitrogens is 3. The molecule has 0 fully saturated rings. The Morgan fingerprint density at radius 3 is 2.65 bits per heavy atom. The molecule has 174 valence electrons. The number of nitrogens with zero attached hydrogens (tertiary/aromatic N) is 3. The number of ether oxygens (including phenoxy) is 2. The van der Waals surface area contributed by atoms with Crippen LogP contribution in [0.2, 0.25) is 0 Å². The largest absolute Gasteiger partial charge is 0.456 e. The molecule has 34 heavy (non-hydrogen) atoms. The van der Waals surface area contributed by atoms with Gasteiger partial charge in [-0.1, -0.05) is 41.7 Å². The van der Waals surface area contributed by atoms with Crippen LogP contribution in [0.1, 0.15) is 38.3 Å². The number of para-hydroxylation sites is 1. The van der Waals surface area contributed by atoms with E-state index in [2.05, 4.69) is 15.4 Å². The molecule has 4 aromatic rings. The van der Waals surface area contributed by atoms with Crippen LogP contribution in [-0.4, -0.2) is 39.7 Å². The molecule has 2 aromatic heterocycles. The molecule has 2 aromatic carbocycles. The molecule has 0 aliphatic rings. The number of fused-ring (bicyclic) bond motifs is 1. The fourth-order valence-electron chi connectivity index (χ4n) is 3.15. The highest BCUT2D eigenvalue weighted by atomic mass is 32.1. The number of amides is 1. The Bertz CT molecular complexity index is 1370. The topological polar surface area (TPSA) is 112 Å². The molecular weight excluding hydrogens is 456 g/mol. The molecule has 0 saturated heterocycles. The lowest BCUT2D eigenvalue weighted by Gasteiger charge is -2.11. The lowest BCUT2D eigenvalue weighted by Crippen LogP contribution is -2.18. The number of rotatable bonds is 9. The third kappa shape index (κ3) is 5.53. The highest BCUT2D eigenvalue weighted by Crippen LogP contribution is 2.18. The van der Waals surface area contributed by atoms with Crippen molar-refractivity contribution in [3.05, 3.63) is 92.8 Å². The standard InChI is InChI=1S/C24H22N4O5S/c1-2-32-13-12-20-27-28-21(29)14-17(25-24(28)34-20)15-33-23(31)18-10-6-7-11-19(18)26-22(30)16-8-4-3-5-9-16/h3-11,14H,2,12-13,15H2,1H3,(H,26,30). The third-order valence-electron chi connectivity index (χ3n) is 4.79. The lowest BCUT2D eigenvalue weighted by molar-refractivity contribution is 0.0469. The van der Waals surface area contributed by atoms with Crippen molar-refractivity contribution in [2.45, 2.75) is 20.0 Å². The Hall–Kier alpha value is -3.89. The molecule has 0 bridgehead atoms. The summed E-state index contributed by atoms with van der Waals surface area (Å²) in [6.07, 6.45) is 0.580. The van der Waals surface area contributed by atoms with E-state index in [1.807, 2.05) is 13.0 Å². The number of carbonyl (C=O) groups excluding carboxylic acids is 2. The fraction of sp³-hybridized carbons (Fsp3) is 0.208. The molecule has 0 unspecified atom stereocenters. The highest BCUT2D eigenvalue weighted by Gasteiger charge is 2.16. The molecule has 0 spiro atoms. The number of esters is 1. The van der Waals surface area contributed by atoms with Gasteiger partial charge in [0.1, 0.15) is 11.6 Å². The number of benzene rings is 2. The van der Waals surface area contributed by atoms with Crippen LogP contribution in [0.3, 0.4) is 0 Å². The average Bonchev–Trinajstić information content (AvgIpc) is 3.27. The molecule has 1 amide bonds. The molecule has 0 saturated carbocycles. The lowest BCUT2D eigenvalue weighted by atomic mass is 10.1. The van der Waals surface area contributed by atoms with Crippen molar-refractivity contribution in [1.29, 1.82) is 0 Å². The number of carbonyl (C=O) groups is 2. The molecule has 2 heterocycles. The van der Waals surface area contributed by atoms with Gasteiger partial charge >= 0.3 is 5.97 Å². The summed E-state index contributed by atoms with van der Waals surface area (Å²) >= 11 is 1.29. The molecule has 1 N–H and O–H groups in total. The molecule has 0 aliphatic carbocycles. The molecule has 0 aliphatic heterocycles. The summed E-state index contributed by atoms with van der Waals surface area (Å²) in [5, 5.41) is 7.73. The first-order chi connectivity index (χ1) is 16.5. The van der Waals surface area contributed by atoms with Gasteiger partial charge in [-0.2, -0.15) is 9.61 Å². The number of anilines is 1. The van der Waals surface area contributed by atoms with Gasteiger partial charge in [0, 0.05) is 24.7 Å². The Balaban J connectivity index is 1.45. The van der Waals surface area contributed by atoms with Crippen molar-refractivity contribution in [3.63, 3.8) is 0 Å². The Labute approximate surface area is 199 Å². The summed E-state index contributed by atoms with van der Waals surface area (Å²) in [6.45, 7) is 2.83. The zero-order valence-electron chi connectivity index (χ0n) is 18.4. The van der Waals surface area contributed by atoms with Crippen LogP contribution in [0.25, 0.3) is 4.96 Å². The Morgan fingerprint density at radius 1 is 1.09 bits per heavy atom. The van der Waals surface area contributed by atoms with E-state index in [-0.39, 0.29) is 23.6 Å². The van der Waals surface area contributed by atoms with Crippen molar-refractivity contribution < 1.29 is 19.1 Å². The second-order valence-electron chi connectivity index (χ2n) is 7.16. The van der Waals surface area contributed by atoms with Crippen LogP contribution in [0, 0.1) is 0 Å². The Kier molecular flexibility index (Phi) is 7.41. The minimum absolute atomic E-state index is 0.195. The molecule has 0 radical (unpaired) electrons. The van der Waals surface area contributed by atoms with Crippen molar-refractivity contribution in [1.82, 2.24) is 14.6 Å². The van der Waals surface area contributed by atoms with E-state index in [0.29, 0.717) is 41.5 Å². The van der Waals surface area contributed by atoms with Gasteiger partial charge in [0.05, 0.1) is 23.6 Å². The third-order valence-corrected chi connectivity index (χ3v) is 5.75. The molecule has 9 nitrogen and oxygen atoms in total. The maximum atomic E-state index is 12.7. The van der Waals surface area contributed by atoms with Crippen LogP contribution in [0.5, 0.6) is 0 Å². The van der Waals surface area contributed by atoms with E-state index >= 15 is 0 Å². The van der Waals surface area contributed by atoms with E-state index in [0.717, 1.165) is 5.01 Å². The highest BCUT2D eigenvalue weighted by molar-refractivity contribution is 7.16. The summed E-state index contributed by atoms with van der Waals surface area (Å²) in [4.78, 5) is 42.5. The summed E-state index contributed by atoms with van der Waals surface area (Å²) in [6, 6.07) is 16.5. The van der Waals surface area contributed by atoms with Crippen LogP contribution in [0.4, 0.5) is 5.69 Å². The summed E-state index contributed by atoms with van der Waals surface area (Å²) in [5.74, 6) is -0.987. The number of hydrogen-bond acceptors (Lipinski definition) is 8. The molecule has 0 atom stereocenters. The summed E-state index contributed by atoms with van der Waals surface area (Å²) < 4.78 is 12.0. The second-order valence-corrected chi connectivity index (χ2v) is 8.21. The van der Waals surface area contributed by atoms with Gasteiger partial charge in [0.15, 0.2) is 0 Å². The molecule has 10 heteroatoms. The summed E-state index contributed by atoms with van der Waals surface area (Å²) in [7, 11) is 0. The Morgan fingerprint density at radius 2 is 1.85 bits per heavy atom. The van der Waals surface area contributed by atoms with Gasteiger partial charge < -0.3 is 14.8 Å². The predicted octanol–water partition coefficient (Wildman–Crippen LogP) is 3.34. The van der Waals surface area contributed by atoms with Crippen molar-refractivity contribution >= 4 is 33.9 Å². The van der Waals surface area contributed by atoms with Gasteiger partial charge in [-0.25, -0.2) is 9.78 Å².